The lowest BCUT2D eigenvalue weighted by Gasteiger charge is -2.09. The molecule has 3 rings (SSSR count). The number of hydrogen-bond acceptors (Lipinski definition) is 3. The monoisotopic (exact) mass is 389 g/mol. The Kier molecular flexibility index (Phi) is 5.32. The highest BCUT2D eigenvalue weighted by molar-refractivity contribution is 6.31. The first-order chi connectivity index (χ1) is 12.7. The van der Waals surface area contributed by atoms with Gasteiger partial charge in [-0.25, -0.2) is 4.39 Å². The smallest absolute Gasteiger partial charge is 0.246 e. The van der Waals surface area contributed by atoms with E-state index >= 15 is 0 Å². The third kappa shape index (κ3) is 4.19. The number of nitrogens with zero attached hydrogens (tertiary/aromatic N) is 4. The number of nitrogens with one attached hydrogen (secondary N) is 1. The highest BCUT2D eigenvalue weighted by atomic mass is 35.5. The predicted octanol–water partition coefficient (Wildman–Crippen LogP) is 3.79. The topological polar surface area (TPSA) is 64.7 Å². The second kappa shape index (κ2) is 7.52. The first-order valence-corrected chi connectivity index (χ1v) is 8.91. The minimum atomic E-state index is -0.380. The van der Waals surface area contributed by atoms with E-state index < -0.39 is 0 Å². The molecule has 1 N–H and O–H groups in total. The van der Waals surface area contributed by atoms with Crippen molar-refractivity contribution in [3.63, 3.8) is 0 Å². The van der Waals surface area contributed by atoms with E-state index in [9.17, 15) is 9.18 Å². The molecule has 2 heterocycles. The van der Waals surface area contributed by atoms with Crippen LogP contribution in [0.25, 0.3) is 0 Å². The van der Waals surface area contributed by atoms with Gasteiger partial charge in [0.05, 0.1) is 29.3 Å². The number of aromatic nitrogens is 4. The van der Waals surface area contributed by atoms with E-state index in [4.69, 9.17) is 11.6 Å². The standard InChI is InChI=1S/C19H21ClFN5O/c1-11-7-12(2)25(23-11)10-18(27)22-19-13(3)24-26(14(19)4)9-15-5-6-16(21)8-17(15)20/h5-8H,9-10H2,1-4H3,(H,22,27). The SMILES string of the molecule is Cc1cc(C)n(CC(=O)Nc2c(C)nn(Cc3ccc(F)cc3Cl)c2C)n1. The Bertz CT molecular complexity index is 1010. The number of halogens is 2. The van der Waals surface area contributed by atoms with E-state index in [0.29, 0.717) is 22.9 Å². The largest absolute Gasteiger partial charge is 0.321 e. The number of carbonyl (C=O) groups excluding carboxylic acids is 1. The van der Waals surface area contributed by atoms with Crippen molar-refractivity contribution in [2.24, 2.45) is 0 Å². The summed E-state index contributed by atoms with van der Waals surface area (Å²) in [6.07, 6.45) is 0. The average Bonchev–Trinajstić information content (AvgIpc) is 3.03. The van der Waals surface area contributed by atoms with E-state index in [2.05, 4.69) is 15.5 Å². The predicted molar refractivity (Wildman–Crippen MR) is 103 cm³/mol. The highest BCUT2D eigenvalue weighted by Gasteiger charge is 2.16. The fraction of sp³-hybridized carbons (Fsp3) is 0.316. The summed E-state index contributed by atoms with van der Waals surface area (Å²) in [5, 5.41) is 12.0. The van der Waals surface area contributed by atoms with Gasteiger partial charge < -0.3 is 5.32 Å². The number of aryl methyl sites for hydroxylation is 3. The Labute approximate surface area is 161 Å². The number of carbonyl (C=O) groups is 1. The lowest BCUT2D eigenvalue weighted by molar-refractivity contribution is -0.116. The summed E-state index contributed by atoms with van der Waals surface area (Å²) in [5.41, 5.74) is 4.72. The lowest BCUT2D eigenvalue weighted by Crippen LogP contribution is -2.21. The molecular formula is C19H21ClFN5O. The third-order valence-corrected chi connectivity index (χ3v) is 4.73. The number of hydrogen-bond donors (Lipinski definition) is 1. The maximum atomic E-state index is 13.2. The molecule has 0 radical (unpaired) electrons. The minimum absolute atomic E-state index is 0.132. The van der Waals surface area contributed by atoms with Gasteiger partial charge in [0.2, 0.25) is 5.91 Å². The van der Waals surface area contributed by atoms with E-state index in [1.54, 1.807) is 15.4 Å². The molecule has 1 aromatic carbocycles. The van der Waals surface area contributed by atoms with Crippen molar-refractivity contribution in [2.75, 3.05) is 5.32 Å². The first-order valence-electron chi connectivity index (χ1n) is 8.53. The average molecular weight is 390 g/mol. The maximum absolute atomic E-state index is 13.2. The summed E-state index contributed by atoms with van der Waals surface area (Å²) in [4.78, 5) is 12.4. The summed E-state index contributed by atoms with van der Waals surface area (Å²) >= 11 is 6.11. The van der Waals surface area contributed by atoms with Crippen LogP contribution in [-0.4, -0.2) is 25.5 Å². The fourth-order valence-electron chi connectivity index (χ4n) is 2.99. The molecule has 2 aromatic heterocycles. The molecule has 0 aliphatic rings. The van der Waals surface area contributed by atoms with Gasteiger partial charge >= 0.3 is 0 Å². The first kappa shape index (κ1) is 19.1. The Morgan fingerprint density at radius 1 is 1.15 bits per heavy atom. The Balaban J connectivity index is 1.77. The van der Waals surface area contributed by atoms with Gasteiger partial charge in [0.1, 0.15) is 12.4 Å². The van der Waals surface area contributed by atoms with E-state index in [0.717, 1.165) is 22.6 Å². The van der Waals surface area contributed by atoms with Crippen molar-refractivity contribution in [2.45, 2.75) is 40.8 Å². The molecule has 0 atom stereocenters. The van der Waals surface area contributed by atoms with E-state index in [1.165, 1.54) is 12.1 Å². The van der Waals surface area contributed by atoms with Gasteiger partial charge in [0, 0.05) is 10.7 Å². The molecule has 1 amide bonds. The Morgan fingerprint density at radius 2 is 1.89 bits per heavy atom. The lowest BCUT2D eigenvalue weighted by atomic mass is 10.2. The summed E-state index contributed by atoms with van der Waals surface area (Å²) in [5.74, 6) is -0.555. The van der Waals surface area contributed by atoms with Crippen LogP contribution < -0.4 is 5.32 Å². The summed E-state index contributed by atoms with van der Waals surface area (Å²) in [6, 6.07) is 6.20. The molecule has 0 unspecified atom stereocenters. The van der Waals surface area contributed by atoms with Crippen LogP contribution in [0.2, 0.25) is 5.02 Å². The molecule has 0 aliphatic heterocycles. The summed E-state index contributed by atoms with van der Waals surface area (Å²) < 4.78 is 16.6. The fourth-order valence-corrected chi connectivity index (χ4v) is 3.22. The van der Waals surface area contributed by atoms with Crippen molar-refractivity contribution >= 4 is 23.2 Å². The normalized spacial score (nSPS) is 11.0. The molecule has 142 valence electrons. The van der Waals surface area contributed by atoms with Crippen LogP contribution in [0.1, 0.15) is 28.3 Å². The van der Waals surface area contributed by atoms with Crippen LogP contribution in [0.5, 0.6) is 0 Å². The zero-order chi connectivity index (χ0) is 19.7. The van der Waals surface area contributed by atoms with Crippen molar-refractivity contribution in [1.29, 1.82) is 0 Å². The number of amides is 1. The molecule has 0 spiro atoms. The Morgan fingerprint density at radius 3 is 2.52 bits per heavy atom. The van der Waals surface area contributed by atoms with Crippen LogP contribution in [0.4, 0.5) is 10.1 Å². The van der Waals surface area contributed by atoms with Crippen LogP contribution >= 0.6 is 11.6 Å². The molecule has 6 nitrogen and oxygen atoms in total. The number of anilines is 1. The van der Waals surface area contributed by atoms with Gasteiger partial charge in [-0.15, -0.1) is 0 Å². The number of benzene rings is 1. The van der Waals surface area contributed by atoms with Crippen LogP contribution in [0, 0.1) is 33.5 Å². The molecule has 0 saturated carbocycles. The van der Waals surface area contributed by atoms with Gasteiger partial charge in [-0.05, 0) is 51.5 Å². The molecule has 0 saturated heterocycles. The second-order valence-electron chi connectivity index (χ2n) is 6.57. The molecule has 27 heavy (non-hydrogen) atoms. The van der Waals surface area contributed by atoms with Gasteiger partial charge in [0.15, 0.2) is 0 Å². The summed E-state index contributed by atoms with van der Waals surface area (Å²) in [7, 11) is 0. The van der Waals surface area contributed by atoms with Crippen molar-refractivity contribution < 1.29 is 9.18 Å². The molecule has 0 fully saturated rings. The van der Waals surface area contributed by atoms with Gasteiger partial charge in [-0.3, -0.25) is 14.2 Å². The highest BCUT2D eigenvalue weighted by Crippen LogP contribution is 2.23. The van der Waals surface area contributed by atoms with Crippen molar-refractivity contribution in [3.8, 4) is 0 Å². The quantitative estimate of drug-likeness (QED) is 0.722. The van der Waals surface area contributed by atoms with Crippen molar-refractivity contribution in [1.82, 2.24) is 19.6 Å². The third-order valence-electron chi connectivity index (χ3n) is 4.38. The number of rotatable bonds is 5. The molecule has 8 heteroatoms. The van der Waals surface area contributed by atoms with Gasteiger partial charge in [-0.1, -0.05) is 17.7 Å². The van der Waals surface area contributed by atoms with Crippen LogP contribution in [-0.2, 0) is 17.9 Å². The van der Waals surface area contributed by atoms with Crippen LogP contribution in [0.3, 0.4) is 0 Å². The van der Waals surface area contributed by atoms with Crippen molar-refractivity contribution in [3.05, 3.63) is 63.4 Å². The van der Waals surface area contributed by atoms with Gasteiger partial charge in [-0.2, -0.15) is 10.2 Å². The molecule has 0 aliphatic carbocycles. The van der Waals surface area contributed by atoms with Crippen LogP contribution in [0.15, 0.2) is 24.3 Å². The minimum Gasteiger partial charge on any atom is -0.321 e. The zero-order valence-corrected chi connectivity index (χ0v) is 16.4. The second-order valence-corrected chi connectivity index (χ2v) is 6.98. The Hall–Kier alpha value is -2.67. The maximum Gasteiger partial charge on any atom is 0.246 e. The summed E-state index contributed by atoms with van der Waals surface area (Å²) in [6.45, 7) is 8.02. The molecular weight excluding hydrogens is 369 g/mol. The zero-order valence-electron chi connectivity index (χ0n) is 15.7. The molecule has 3 aromatic rings. The van der Waals surface area contributed by atoms with E-state index in [-0.39, 0.29) is 18.3 Å². The van der Waals surface area contributed by atoms with Gasteiger partial charge in [0.25, 0.3) is 0 Å². The van der Waals surface area contributed by atoms with E-state index in [1.807, 2.05) is 33.8 Å². The molecule has 0 bridgehead atoms.